The Balaban J connectivity index is 0. The SMILES string of the molecule is [BeH2].[LiH].[Nb].[SnH2].[Ta].[W]. The quantitative estimate of drug-likeness (QED) is 0.272. The van der Waals surface area contributed by atoms with E-state index in [2.05, 4.69) is 0 Å². The third-order valence-electron chi connectivity index (χ3n) is 0. The Kier molecular flexibility index (Phi) is 333. The van der Waals surface area contributed by atoms with Gasteiger partial charge in [0.1, 0.15) is 0 Å². The number of rotatable bonds is 0. The molecule has 0 aliphatic heterocycles. The van der Waals surface area contributed by atoms with E-state index in [4.69, 9.17) is 0 Å². The second kappa shape index (κ2) is 37.5. The molecule has 0 spiro atoms. The molecule has 0 aromatic heterocycles. The van der Waals surface area contributed by atoms with Crippen LogP contribution in [-0.4, -0.2) is 52.9 Å². The molecular formula is H5BeLiNbSnTaW. The minimum Gasteiger partial charge on any atom is 0 e. The molecule has 0 aliphatic rings. The third kappa shape index (κ3) is 25.2. The van der Waals surface area contributed by atoms with Crippen molar-refractivity contribution in [1.82, 2.24) is 0 Å². The molecule has 0 N–H and O–H groups in total. The van der Waals surface area contributed by atoms with Crippen LogP contribution in [0.3, 0.4) is 0 Å². The first-order valence-corrected chi connectivity index (χ1v) is 0. The zero-order valence-corrected chi connectivity index (χ0v) is 14.4. The van der Waals surface area contributed by atoms with Crippen molar-refractivity contribution in [3.8, 4) is 0 Å². The Morgan fingerprint density at radius 2 is 1.00 bits per heavy atom. The molecule has 6 heteroatoms. The van der Waals surface area contributed by atoms with E-state index < -0.39 is 0 Å². The van der Waals surface area contributed by atoms with Crippen molar-refractivity contribution in [2.24, 2.45) is 0 Å². The molecule has 0 rings (SSSR count). The first-order chi connectivity index (χ1) is 0. The average Bonchev–Trinajstić information content (AvgIpc) is 0. The van der Waals surface area contributed by atoms with Gasteiger partial charge in [-0.15, -0.1) is 0 Å². The monoisotopic (exact) mass is 599 g/mol. The fourth-order valence-corrected chi connectivity index (χ4v) is 0. The first-order valence-electron chi connectivity index (χ1n) is 0. The first kappa shape index (κ1) is 53.3. The summed E-state index contributed by atoms with van der Waals surface area (Å²) >= 11 is 0. The summed E-state index contributed by atoms with van der Waals surface area (Å²) in [5.41, 5.74) is 0. The zero-order valence-electron chi connectivity index (χ0n) is 2.01. The van der Waals surface area contributed by atoms with Crippen LogP contribution in [0.4, 0.5) is 0 Å². The van der Waals surface area contributed by atoms with E-state index in [9.17, 15) is 0 Å². The molecule has 6 heavy (non-hydrogen) atoms. The fourth-order valence-electron chi connectivity index (χ4n) is 0. The van der Waals surface area contributed by atoms with Crippen molar-refractivity contribution in [1.29, 1.82) is 0 Å². The molecule has 0 amide bonds. The molecule has 0 saturated carbocycles. The molecule has 0 aliphatic carbocycles. The summed E-state index contributed by atoms with van der Waals surface area (Å²) in [7, 11) is 0. The smallest absolute Gasteiger partial charge is 0 e. The van der Waals surface area contributed by atoms with Gasteiger partial charge in [-0.05, 0) is 0 Å². The van der Waals surface area contributed by atoms with Gasteiger partial charge in [-0.1, -0.05) is 0 Å². The van der Waals surface area contributed by atoms with E-state index in [1.54, 1.807) is 0 Å². The number of hydrogen-bond donors (Lipinski definition) is 0. The molecular weight excluding hydrogens is 592 g/mol. The summed E-state index contributed by atoms with van der Waals surface area (Å²) < 4.78 is 0. The Morgan fingerprint density at radius 1 is 1.00 bits per heavy atom. The van der Waals surface area contributed by atoms with Crippen LogP contribution in [0.1, 0.15) is 0 Å². The summed E-state index contributed by atoms with van der Waals surface area (Å²) in [6.45, 7) is 0. The molecule has 0 unspecified atom stereocenters. The summed E-state index contributed by atoms with van der Waals surface area (Å²) in [5.74, 6) is 0. The summed E-state index contributed by atoms with van der Waals surface area (Å²) in [5, 5.41) is 0. The predicted molar refractivity (Wildman–Crippen MR) is 24.2 cm³/mol. The topological polar surface area (TPSA) is 0 Å². The van der Waals surface area contributed by atoms with Gasteiger partial charge in [0.15, 0.2) is 0 Å². The van der Waals surface area contributed by atoms with Crippen molar-refractivity contribution in [2.75, 3.05) is 0 Å². The Hall–Kier alpha value is 3.73. The summed E-state index contributed by atoms with van der Waals surface area (Å²) in [6.07, 6.45) is 0. The van der Waals surface area contributed by atoms with Crippen LogP contribution < -0.4 is 0 Å². The molecule has 0 fully saturated rings. The van der Waals surface area contributed by atoms with E-state index in [-0.39, 0.29) is 119 Å². The minimum absolute atomic E-state index is 0. The van der Waals surface area contributed by atoms with Crippen LogP contribution in [0.2, 0.25) is 0 Å². The summed E-state index contributed by atoms with van der Waals surface area (Å²) in [4.78, 5) is 0. The van der Waals surface area contributed by atoms with Crippen LogP contribution in [0.5, 0.6) is 0 Å². The minimum atomic E-state index is 0. The Bertz CT molecular complexity index is 15.5. The van der Waals surface area contributed by atoms with Crippen molar-refractivity contribution in [3.63, 3.8) is 0 Å². The average molecular weight is 597 g/mol. The standard InChI is InChI=1S/Be.Li.Nb.Sn.Ta.W.5H. The molecule has 0 atom stereocenters. The Morgan fingerprint density at radius 3 is 1.00 bits per heavy atom. The molecule has 0 saturated heterocycles. The maximum Gasteiger partial charge on any atom is 0 e. The second-order valence-electron chi connectivity index (χ2n) is 0. The molecule has 28 valence electrons. The maximum absolute atomic E-state index is 0. The van der Waals surface area contributed by atoms with Crippen molar-refractivity contribution in [2.45, 2.75) is 0 Å². The molecule has 0 heterocycles. The molecule has 0 aromatic carbocycles. The van der Waals surface area contributed by atoms with Gasteiger partial charge in [0.05, 0.1) is 0 Å². The van der Waals surface area contributed by atoms with E-state index in [1.165, 1.54) is 0 Å². The van der Waals surface area contributed by atoms with E-state index >= 15 is 0 Å². The van der Waals surface area contributed by atoms with Crippen LogP contribution in [0.15, 0.2) is 0 Å². The van der Waals surface area contributed by atoms with E-state index in [0.29, 0.717) is 0 Å². The van der Waals surface area contributed by atoms with Crippen LogP contribution in [0.25, 0.3) is 0 Å². The molecule has 0 nitrogen and oxygen atoms in total. The zero-order chi connectivity index (χ0) is 0. The number of hydrogen-bond acceptors (Lipinski definition) is 0. The van der Waals surface area contributed by atoms with Gasteiger partial charge in [-0.2, -0.15) is 0 Å². The van der Waals surface area contributed by atoms with Gasteiger partial charge in [0.2, 0.25) is 0 Å². The van der Waals surface area contributed by atoms with Crippen LogP contribution in [0, 0.1) is 0 Å². The van der Waals surface area contributed by atoms with Gasteiger partial charge < -0.3 is 0 Å². The van der Waals surface area contributed by atoms with Crippen molar-refractivity contribution >= 4 is 52.9 Å². The fraction of sp³-hybridized carbons (Fsp3) is 0. The molecule has 0 aromatic rings. The second-order valence-corrected chi connectivity index (χ2v) is 0. The van der Waals surface area contributed by atoms with E-state index in [0.717, 1.165) is 0 Å². The van der Waals surface area contributed by atoms with Crippen molar-refractivity contribution < 1.29 is 65.8 Å². The maximum atomic E-state index is 0. The largest absolute Gasteiger partial charge is 0 e. The van der Waals surface area contributed by atoms with Crippen LogP contribution >= 0.6 is 0 Å². The molecule has 0 bridgehead atoms. The predicted octanol–water partition coefficient (Wildman–Crippen LogP) is -2.49. The van der Waals surface area contributed by atoms with E-state index in [1.807, 2.05) is 0 Å². The van der Waals surface area contributed by atoms with Crippen molar-refractivity contribution in [3.05, 3.63) is 0 Å². The van der Waals surface area contributed by atoms with Crippen LogP contribution in [-0.2, 0) is 65.8 Å². The normalized spacial score (nSPS) is 0. The van der Waals surface area contributed by atoms with Gasteiger partial charge in [0, 0.05) is 65.8 Å². The molecule has 4 radical (unpaired) electrons. The van der Waals surface area contributed by atoms with Gasteiger partial charge in [-0.3, -0.25) is 0 Å². The summed E-state index contributed by atoms with van der Waals surface area (Å²) in [6, 6.07) is 0. The van der Waals surface area contributed by atoms with Gasteiger partial charge >= 0.3 is 52.9 Å². The van der Waals surface area contributed by atoms with Gasteiger partial charge in [-0.25, -0.2) is 0 Å². The Labute approximate surface area is 116 Å². The van der Waals surface area contributed by atoms with Gasteiger partial charge in [0.25, 0.3) is 0 Å². The third-order valence-corrected chi connectivity index (χ3v) is 0.